The van der Waals surface area contributed by atoms with Crippen LogP contribution < -0.4 is 10.2 Å². The number of nitrogens with zero attached hydrogens (tertiary/aromatic N) is 5. The topological polar surface area (TPSA) is 50.9 Å². The zero-order valence-electron chi connectivity index (χ0n) is 26.3. The molecular weight excluding hydrogens is 605 g/mol. The molecule has 0 saturated carbocycles. The third-order valence-corrected chi connectivity index (χ3v) is 11.0. The lowest BCUT2D eigenvalue weighted by atomic mass is 10.0. The summed E-state index contributed by atoms with van der Waals surface area (Å²) in [7, 11) is 0. The molecule has 226 valence electrons. The predicted octanol–water partition coefficient (Wildman–Crippen LogP) is 10.9. The highest BCUT2D eigenvalue weighted by atomic mass is 32.1. The molecule has 8 heteroatoms. The Labute approximate surface area is 275 Å². The fourth-order valence-corrected chi connectivity index (χ4v) is 8.33. The molecule has 0 bridgehead atoms. The third kappa shape index (κ3) is 4.13. The van der Waals surface area contributed by atoms with Crippen molar-refractivity contribution in [3.8, 4) is 26.8 Å². The summed E-state index contributed by atoms with van der Waals surface area (Å²) in [6, 6.07) is 28.8. The summed E-state index contributed by atoms with van der Waals surface area (Å²) in [5.41, 5.74) is 12.3. The number of anilines is 3. The van der Waals surface area contributed by atoms with Crippen LogP contribution in [0.25, 0.3) is 54.5 Å². The minimum Gasteiger partial charge on any atom is -0.346 e. The third-order valence-electron chi connectivity index (χ3n) is 8.93. The largest absolute Gasteiger partial charge is 0.346 e. The van der Waals surface area contributed by atoms with E-state index in [-0.39, 0.29) is 6.29 Å². The summed E-state index contributed by atoms with van der Waals surface area (Å²) in [6.45, 7) is 10.7. The summed E-state index contributed by atoms with van der Waals surface area (Å²) >= 11 is 3.64. The van der Waals surface area contributed by atoms with Gasteiger partial charge < -0.3 is 5.32 Å². The summed E-state index contributed by atoms with van der Waals surface area (Å²) in [6.07, 6.45) is 4.16. The molecule has 7 aromatic rings. The fraction of sp³-hybridized carbons (Fsp3) is 0.158. The van der Waals surface area contributed by atoms with Crippen LogP contribution in [0.5, 0.6) is 0 Å². The number of fused-ring (bicyclic) bond motifs is 12. The minimum absolute atomic E-state index is 0.212. The second kappa shape index (κ2) is 10.0. The molecule has 0 fully saturated rings. The molecule has 46 heavy (non-hydrogen) atoms. The fourth-order valence-electron chi connectivity index (χ4n) is 6.61. The van der Waals surface area contributed by atoms with E-state index in [1.165, 1.54) is 47.3 Å². The average Bonchev–Trinajstić information content (AvgIpc) is 3.87. The smallest absolute Gasteiger partial charge is 0.221 e. The molecule has 0 amide bonds. The van der Waals surface area contributed by atoms with Gasteiger partial charge in [-0.15, -0.1) is 22.7 Å². The first-order chi connectivity index (χ1) is 22.3. The zero-order chi connectivity index (χ0) is 31.3. The number of nitrogens with one attached hydrogen (secondary N) is 1. The molecule has 6 heterocycles. The Hall–Kier alpha value is -4.92. The lowest BCUT2D eigenvalue weighted by molar-refractivity contribution is 0.552. The van der Waals surface area contributed by atoms with Crippen LogP contribution in [0.4, 0.5) is 17.3 Å². The minimum atomic E-state index is -0.212. The zero-order valence-corrected chi connectivity index (χ0v) is 27.9. The van der Waals surface area contributed by atoms with Crippen LogP contribution in [0.15, 0.2) is 96.6 Å². The van der Waals surface area contributed by atoms with Crippen molar-refractivity contribution in [1.82, 2.24) is 19.1 Å². The van der Waals surface area contributed by atoms with Crippen molar-refractivity contribution in [1.29, 1.82) is 0 Å². The van der Waals surface area contributed by atoms with Gasteiger partial charge in [-0.05, 0) is 118 Å². The number of thiophene rings is 2. The average molecular weight is 637 g/mol. The maximum absolute atomic E-state index is 5.28. The first-order valence-electron chi connectivity index (χ1n) is 15.5. The quantitative estimate of drug-likeness (QED) is 0.195. The Morgan fingerprint density at radius 2 is 1.37 bits per heavy atom. The standard InChI is InChI=1S/C38H32N6S2/c1-21(2)6-7-22(3)25-10-13-28-31(18-25)42-36(39-28)43-33-20-27(35-17-9-24(5)46-35)12-15-30(33)41-38(43)44-32-19-26(34-16-8-23(4)45-34)11-14-29(32)40-37(42)44/h6-20,36,39H,1-5H3/b22-7+. The number of benzene rings is 3. The van der Waals surface area contributed by atoms with Gasteiger partial charge in [0.05, 0.1) is 33.4 Å². The lowest BCUT2D eigenvalue weighted by Crippen LogP contribution is -2.36. The highest BCUT2D eigenvalue weighted by Gasteiger charge is 2.42. The molecule has 9 rings (SSSR count). The number of aromatic nitrogens is 4. The van der Waals surface area contributed by atoms with Crippen LogP contribution >= 0.6 is 22.7 Å². The molecule has 1 unspecified atom stereocenters. The number of hydrogen-bond donors (Lipinski definition) is 1. The second-order valence-electron chi connectivity index (χ2n) is 12.5. The van der Waals surface area contributed by atoms with E-state index >= 15 is 0 Å². The maximum Gasteiger partial charge on any atom is 0.221 e. The summed E-state index contributed by atoms with van der Waals surface area (Å²) in [4.78, 5) is 18.0. The monoisotopic (exact) mass is 636 g/mol. The van der Waals surface area contributed by atoms with Crippen LogP contribution in [0.2, 0.25) is 0 Å². The molecule has 6 nitrogen and oxygen atoms in total. The van der Waals surface area contributed by atoms with Gasteiger partial charge in [0.2, 0.25) is 11.9 Å². The first kappa shape index (κ1) is 27.4. The molecule has 0 spiro atoms. The molecular formula is C38H32N6S2. The Balaban J connectivity index is 1.30. The Kier molecular flexibility index (Phi) is 5.98. The van der Waals surface area contributed by atoms with E-state index in [0.29, 0.717) is 0 Å². The number of hydrogen-bond acceptors (Lipinski definition) is 6. The highest BCUT2D eigenvalue weighted by Crippen LogP contribution is 2.50. The van der Waals surface area contributed by atoms with Gasteiger partial charge in [-0.2, -0.15) is 0 Å². The summed E-state index contributed by atoms with van der Waals surface area (Å²) in [5.74, 6) is 1.73. The molecule has 0 saturated heterocycles. The summed E-state index contributed by atoms with van der Waals surface area (Å²) < 4.78 is 4.60. The number of allylic oxidation sites excluding steroid dienone is 4. The molecule has 2 aliphatic rings. The van der Waals surface area contributed by atoms with Gasteiger partial charge >= 0.3 is 0 Å². The Morgan fingerprint density at radius 1 is 0.717 bits per heavy atom. The second-order valence-corrected chi connectivity index (χ2v) is 15.0. The van der Waals surface area contributed by atoms with E-state index in [1.807, 2.05) is 22.7 Å². The van der Waals surface area contributed by atoms with Gasteiger partial charge in [0.15, 0.2) is 6.29 Å². The molecule has 0 radical (unpaired) electrons. The SMILES string of the molecule is CC(C)=C/C=C(\C)c1ccc2c(c1)N1c3nc4ccc(-c5ccc(C)s5)cc4n3-c3nc4ccc(-c5ccc(C)s5)cc4n3C1N2. The Bertz CT molecular complexity index is 2430. The first-order valence-corrected chi connectivity index (χ1v) is 17.2. The van der Waals surface area contributed by atoms with Gasteiger partial charge in [-0.1, -0.05) is 35.9 Å². The molecule has 3 aromatic carbocycles. The summed E-state index contributed by atoms with van der Waals surface area (Å²) in [5, 5.41) is 3.84. The lowest BCUT2D eigenvalue weighted by Gasteiger charge is -2.33. The van der Waals surface area contributed by atoms with Crippen LogP contribution in [-0.4, -0.2) is 19.1 Å². The maximum atomic E-state index is 5.28. The van der Waals surface area contributed by atoms with Gasteiger partial charge in [0, 0.05) is 19.5 Å². The van der Waals surface area contributed by atoms with Gasteiger partial charge in [0.25, 0.3) is 0 Å². The molecule has 4 aromatic heterocycles. The van der Waals surface area contributed by atoms with Crippen LogP contribution in [0.3, 0.4) is 0 Å². The Morgan fingerprint density at radius 3 is 2.02 bits per heavy atom. The van der Waals surface area contributed by atoms with E-state index in [9.17, 15) is 0 Å². The van der Waals surface area contributed by atoms with Crippen molar-refractivity contribution in [2.45, 2.75) is 40.9 Å². The van der Waals surface area contributed by atoms with Gasteiger partial charge in [0.1, 0.15) is 0 Å². The van der Waals surface area contributed by atoms with Crippen molar-refractivity contribution in [2.24, 2.45) is 0 Å². The van der Waals surface area contributed by atoms with Gasteiger partial charge in [-0.3, -0.25) is 9.47 Å². The van der Waals surface area contributed by atoms with E-state index in [0.717, 1.165) is 45.3 Å². The van der Waals surface area contributed by atoms with E-state index in [2.05, 4.69) is 145 Å². The van der Waals surface area contributed by atoms with Crippen molar-refractivity contribution >= 4 is 67.6 Å². The number of aryl methyl sites for hydroxylation is 2. The molecule has 2 aliphatic heterocycles. The van der Waals surface area contributed by atoms with Crippen LogP contribution in [0, 0.1) is 13.8 Å². The number of rotatable bonds is 4. The number of imidazole rings is 2. The van der Waals surface area contributed by atoms with Crippen LogP contribution in [0.1, 0.15) is 42.4 Å². The van der Waals surface area contributed by atoms with Crippen molar-refractivity contribution in [3.63, 3.8) is 0 Å². The molecule has 1 N–H and O–H groups in total. The van der Waals surface area contributed by atoms with Crippen molar-refractivity contribution in [3.05, 3.63) is 112 Å². The van der Waals surface area contributed by atoms with E-state index in [4.69, 9.17) is 9.97 Å². The molecule has 1 atom stereocenters. The normalized spacial score (nSPS) is 15.1. The van der Waals surface area contributed by atoms with Crippen molar-refractivity contribution < 1.29 is 0 Å². The highest BCUT2D eigenvalue weighted by molar-refractivity contribution is 7.15. The predicted molar refractivity (Wildman–Crippen MR) is 195 cm³/mol. The van der Waals surface area contributed by atoms with Crippen molar-refractivity contribution in [2.75, 3.05) is 10.2 Å². The van der Waals surface area contributed by atoms with E-state index < -0.39 is 0 Å². The van der Waals surface area contributed by atoms with Crippen LogP contribution in [-0.2, 0) is 0 Å². The van der Waals surface area contributed by atoms with E-state index in [1.54, 1.807) is 0 Å². The van der Waals surface area contributed by atoms with Gasteiger partial charge in [-0.25, -0.2) is 14.5 Å². The molecule has 0 aliphatic carbocycles.